The maximum Gasteiger partial charge on any atom is 0.218 e. The van der Waals surface area contributed by atoms with E-state index in [1.165, 1.54) is 6.34 Å². The Balaban J connectivity index is 2.48. The van der Waals surface area contributed by atoms with E-state index in [0.29, 0.717) is 19.8 Å². The van der Waals surface area contributed by atoms with E-state index in [4.69, 9.17) is 9.47 Å². The standard InChI is InChI=1S/C7H13N3O2/c1-3-12-5-7(4-11-2)8-6-9-10-7/h6H,3-5H2,1-2H3. The molecule has 0 amide bonds. The van der Waals surface area contributed by atoms with Crippen molar-refractivity contribution in [1.82, 2.24) is 0 Å². The third-order valence-corrected chi connectivity index (χ3v) is 1.51. The van der Waals surface area contributed by atoms with Gasteiger partial charge in [0, 0.05) is 13.7 Å². The first kappa shape index (κ1) is 9.28. The summed E-state index contributed by atoms with van der Waals surface area (Å²) >= 11 is 0. The Kier molecular flexibility index (Phi) is 3.31. The smallest absolute Gasteiger partial charge is 0.218 e. The van der Waals surface area contributed by atoms with Crippen molar-refractivity contribution < 1.29 is 9.47 Å². The Labute approximate surface area is 71.5 Å². The zero-order valence-electron chi connectivity index (χ0n) is 7.36. The maximum absolute atomic E-state index is 5.23. The van der Waals surface area contributed by atoms with Crippen LogP contribution in [0.2, 0.25) is 0 Å². The lowest BCUT2D eigenvalue weighted by Crippen LogP contribution is -2.33. The molecule has 0 aromatic heterocycles. The second kappa shape index (κ2) is 4.27. The number of rotatable bonds is 5. The van der Waals surface area contributed by atoms with E-state index in [-0.39, 0.29) is 0 Å². The van der Waals surface area contributed by atoms with Crippen LogP contribution in [0.25, 0.3) is 0 Å². The van der Waals surface area contributed by atoms with Crippen molar-refractivity contribution in [3.05, 3.63) is 0 Å². The molecule has 0 spiro atoms. The lowest BCUT2D eigenvalue weighted by molar-refractivity contribution is 0.0499. The molecule has 0 bridgehead atoms. The van der Waals surface area contributed by atoms with E-state index < -0.39 is 5.66 Å². The van der Waals surface area contributed by atoms with Crippen molar-refractivity contribution in [3.63, 3.8) is 0 Å². The van der Waals surface area contributed by atoms with Crippen molar-refractivity contribution in [3.8, 4) is 0 Å². The minimum atomic E-state index is -0.620. The Morgan fingerprint density at radius 1 is 1.42 bits per heavy atom. The summed E-state index contributed by atoms with van der Waals surface area (Å²) in [6.45, 7) is 3.41. The van der Waals surface area contributed by atoms with Gasteiger partial charge < -0.3 is 9.47 Å². The van der Waals surface area contributed by atoms with E-state index in [0.717, 1.165) is 0 Å². The molecule has 0 saturated heterocycles. The molecule has 1 heterocycles. The van der Waals surface area contributed by atoms with Gasteiger partial charge in [-0.15, -0.1) is 5.11 Å². The first-order valence-electron chi connectivity index (χ1n) is 3.85. The van der Waals surface area contributed by atoms with Crippen molar-refractivity contribution in [1.29, 1.82) is 0 Å². The molecule has 5 nitrogen and oxygen atoms in total. The molecule has 1 rings (SSSR count). The summed E-state index contributed by atoms with van der Waals surface area (Å²) < 4.78 is 10.2. The van der Waals surface area contributed by atoms with E-state index in [9.17, 15) is 0 Å². The average molecular weight is 171 g/mol. The highest BCUT2D eigenvalue weighted by molar-refractivity contribution is 5.57. The summed E-state index contributed by atoms with van der Waals surface area (Å²) in [7, 11) is 1.61. The zero-order valence-corrected chi connectivity index (χ0v) is 7.36. The first-order chi connectivity index (χ1) is 5.83. The molecule has 0 N–H and O–H groups in total. The van der Waals surface area contributed by atoms with Crippen LogP contribution in [0.5, 0.6) is 0 Å². The molecule has 1 atom stereocenters. The Bertz CT molecular complexity index is 179. The van der Waals surface area contributed by atoms with E-state index in [1.54, 1.807) is 7.11 Å². The minimum Gasteiger partial charge on any atom is -0.380 e. The molecule has 0 saturated carbocycles. The number of hydrogen-bond acceptors (Lipinski definition) is 5. The molecule has 0 fully saturated rings. The first-order valence-corrected chi connectivity index (χ1v) is 3.85. The highest BCUT2D eigenvalue weighted by Gasteiger charge is 2.31. The van der Waals surface area contributed by atoms with Crippen molar-refractivity contribution in [2.75, 3.05) is 26.9 Å². The largest absolute Gasteiger partial charge is 0.380 e. The molecular formula is C7H13N3O2. The molecule has 0 aromatic rings. The van der Waals surface area contributed by atoms with Crippen LogP contribution in [0, 0.1) is 0 Å². The van der Waals surface area contributed by atoms with Crippen molar-refractivity contribution in [2.45, 2.75) is 12.6 Å². The lowest BCUT2D eigenvalue weighted by atomic mass is 10.2. The van der Waals surface area contributed by atoms with Gasteiger partial charge in [-0.2, -0.15) is 5.11 Å². The fourth-order valence-corrected chi connectivity index (χ4v) is 0.963. The Hall–Kier alpha value is -0.810. The SMILES string of the molecule is CCOCC1(COC)N=CN=N1. The lowest BCUT2D eigenvalue weighted by Gasteiger charge is -2.19. The van der Waals surface area contributed by atoms with Gasteiger partial charge in [0.15, 0.2) is 0 Å². The van der Waals surface area contributed by atoms with E-state index in [1.807, 2.05) is 6.92 Å². The number of azo groups is 1. The third-order valence-electron chi connectivity index (χ3n) is 1.51. The number of ether oxygens (including phenoxy) is 2. The molecule has 1 unspecified atom stereocenters. The van der Waals surface area contributed by atoms with Gasteiger partial charge in [0.25, 0.3) is 0 Å². The van der Waals surface area contributed by atoms with Gasteiger partial charge >= 0.3 is 0 Å². The van der Waals surface area contributed by atoms with Crippen LogP contribution in [0.3, 0.4) is 0 Å². The van der Waals surface area contributed by atoms with Gasteiger partial charge in [0.05, 0.1) is 13.2 Å². The fraction of sp³-hybridized carbons (Fsp3) is 0.857. The summed E-state index contributed by atoms with van der Waals surface area (Å²) in [5.74, 6) is 0. The highest BCUT2D eigenvalue weighted by Crippen LogP contribution is 2.18. The minimum absolute atomic E-state index is 0.410. The molecule has 0 radical (unpaired) electrons. The molecular weight excluding hydrogens is 158 g/mol. The second-order valence-corrected chi connectivity index (χ2v) is 2.51. The summed E-state index contributed by atoms with van der Waals surface area (Å²) in [5.41, 5.74) is -0.620. The maximum atomic E-state index is 5.23. The van der Waals surface area contributed by atoms with Crippen LogP contribution in [-0.4, -0.2) is 38.9 Å². The normalized spacial score (nSPS) is 26.8. The van der Waals surface area contributed by atoms with Gasteiger partial charge in [-0.05, 0) is 6.92 Å². The third kappa shape index (κ3) is 2.09. The van der Waals surface area contributed by atoms with E-state index in [2.05, 4.69) is 15.2 Å². The van der Waals surface area contributed by atoms with Gasteiger partial charge in [0.1, 0.15) is 6.34 Å². The van der Waals surface area contributed by atoms with Gasteiger partial charge in [-0.3, -0.25) is 0 Å². The molecule has 0 aliphatic carbocycles. The van der Waals surface area contributed by atoms with Crippen LogP contribution >= 0.6 is 0 Å². The fourth-order valence-electron chi connectivity index (χ4n) is 0.963. The van der Waals surface area contributed by atoms with Gasteiger partial charge in [-0.25, -0.2) is 4.99 Å². The summed E-state index contributed by atoms with van der Waals surface area (Å²) in [4.78, 5) is 4.09. The molecule has 1 aliphatic rings. The summed E-state index contributed by atoms with van der Waals surface area (Å²) in [6, 6.07) is 0. The monoisotopic (exact) mass is 171 g/mol. The summed E-state index contributed by atoms with van der Waals surface area (Å²) in [5, 5.41) is 7.63. The topological polar surface area (TPSA) is 55.5 Å². The number of nitrogens with zero attached hydrogens (tertiary/aromatic N) is 3. The van der Waals surface area contributed by atoms with Crippen LogP contribution in [0.4, 0.5) is 0 Å². The van der Waals surface area contributed by atoms with Crippen LogP contribution in [-0.2, 0) is 9.47 Å². The van der Waals surface area contributed by atoms with Crippen LogP contribution in [0.1, 0.15) is 6.92 Å². The van der Waals surface area contributed by atoms with Gasteiger partial charge in [-0.1, -0.05) is 0 Å². The van der Waals surface area contributed by atoms with Crippen LogP contribution < -0.4 is 0 Å². The van der Waals surface area contributed by atoms with Crippen LogP contribution in [0.15, 0.2) is 15.2 Å². The van der Waals surface area contributed by atoms with Crippen molar-refractivity contribution >= 4 is 6.34 Å². The molecule has 12 heavy (non-hydrogen) atoms. The van der Waals surface area contributed by atoms with Gasteiger partial charge in [0.2, 0.25) is 5.66 Å². The Morgan fingerprint density at radius 2 is 2.25 bits per heavy atom. The predicted octanol–water partition coefficient (Wildman–Crippen LogP) is 0.860. The summed E-state index contributed by atoms with van der Waals surface area (Å²) in [6.07, 6.45) is 1.43. The molecule has 0 aromatic carbocycles. The second-order valence-electron chi connectivity index (χ2n) is 2.51. The quantitative estimate of drug-likeness (QED) is 0.616. The Morgan fingerprint density at radius 3 is 2.75 bits per heavy atom. The number of hydrogen-bond donors (Lipinski definition) is 0. The van der Waals surface area contributed by atoms with E-state index >= 15 is 0 Å². The average Bonchev–Trinajstić information content (AvgIpc) is 2.51. The molecule has 1 aliphatic heterocycles. The predicted molar refractivity (Wildman–Crippen MR) is 44.4 cm³/mol. The molecule has 68 valence electrons. The highest BCUT2D eigenvalue weighted by atomic mass is 16.5. The molecule has 5 heteroatoms. The number of methoxy groups -OCH3 is 1. The zero-order chi connectivity index (χ0) is 8.86. The number of aliphatic imine (C=N–C) groups is 1. The van der Waals surface area contributed by atoms with Crippen molar-refractivity contribution in [2.24, 2.45) is 15.2 Å².